The SMILES string of the molecule is Cc1cccc(Nc2cc(C)nc(NCc3cccnc3)n2)c1. The van der Waals surface area contributed by atoms with Crippen molar-refractivity contribution in [1.29, 1.82) is 0 Å². The maximum atomic E-state index is 4.52. The fraction of sp³-hybridized carbons (Fsp3) is 0.167. The molecule has 0 saturated carbocycles. The van der Waals surface area contributed by atoms with Gasteiger partial charge in [-0.1, -0.05) is 18.2 Å². The molecule has 2 N–H and O–H groups in total. The Bertz CT molecular complexity index is 786. The lowest BCUT2D eigenvalue weighted by atomic mass is 10.2. The van der Waals surface area contributed by atoms with Gasteiger partial charge in [-0.05, 0) is 43.2 Å². The van der Waals surface area contributed by atoms with Crippen LogP contribution in [0.4, 0.5) is 17.5 Å². The molecule has 2 aromatic heterocycles. The minimum absolute atomic E-state index is 0.601. The van der Waals surface area contributed by atoms with E-state index in [0.29, 0.717) is 12.5 Å². The van der Waals surface area contributed by atoms with Gasteiger partial charge < -0.3 is 10.6 Å². The molecule has 0 aliphatic rings. The molecule has 116 valence electrons. The van der Waals surface area contributed by atoms with Crippen molar-refractivity contribution >= 4 is 17.5 Å². The summed E-state index contributed by atoms with van der Waals surface area (Å²) in [6, 6.07) is 14.1. The van der Waals surface area contributed by atoms with E-state index < -0.39 is 0 Å². The average Bonchev–Trinajstić information content (AvgIpc) is 2.53. The first-order valence-electron chi connectivity index (χ1n) is 7.51. The van der Waals surface area contributed by atoms with E-state index in [1.54, 1.807) is 6.20 Å². The first-order valence-corrected chi connectivity index (χ1v) is 7.51. The summed E-state index contributed by atoms with van der Waals surface area (Å²) < 4.78 is 0. The highest BCUT2D eigenvalue weighted by Crippen LogP contribution is 2.18. The summed E-state index contributed by atoms with van der Waals surface area (Å²) in [7, 11) is 0. The number of nitrogens with one attached hydrogen (secondary N) is 2. The molecule has 3 aromatic rings. The van der Waals surface area contributed by atoms with Crippen LogP contribution in [-0.4, -0.2) is 15.0 Å². The number of anilines is 3. The highest BCUT2D eigenvalue weighted by Gasteiger charge is 2.03. The maximum absolute atomic E-state index is 4.52. The molecule has 0 fully saturated rings. The van der Waals surface area contributed by atoms with Crippen LogP contribution in [0.2, 0.25) is 0 Å². The molecule has 0 bridgehead atoms. The fourth-order valence-corrected chi connectivity index (χ4v) is 2.27. The summed E-state index contributed by atoms with van der Waals surface area (Å²) in [5.74, 6) is 1.38. The molecule has 1 aromatic carbocycles. The number of nitrogens with zero attached hydrogens (tertiary/aromatic N) is 3. The van der Waals surface area contributed by atoms with Crippen LogP contribution in [0.5, 0.6) is 0 Å². The summed E-state index contributed by atoms with van der Waals surface area (Å²) in [4.78, 5) is 13.0. The van der Waals surface area contributed by atoms with Gasteiger partial charge in [-0.2, -0.15) is 4.98 Å². The van der Waals surface area contributed by atoms with Crippen molar-refractivity contribution in [1.82, 2.24) is 15.0 Å². The first kappa shape index (κ1) is 15.0. The van der Waals surface area contributed by atoms with Crippen molar-refractivity contribution in [2.45, 2.75) is 20.4 Å². The molecule has 5 heteroatoms. The van der Waals surface area contributed by atoms with E-state index in [9.17, 15) is 0 Å². The van der Waals surface area contributed by atoms with Crippen molar-refractivity contribution < 1.29 is 0 Å². The van der Waals surface area contributed by atoms with Crippen LogP contribution in [0.25, 0.3) is 0 Å². The van der Waals surface area contributed by atoms with E-state index in [1.807, 2.05) is 43.5 Å². The van der Waals surface area contributed by atoms with E-state index >= 15 is 0 Å². The molecule has 2 heterocycles. The molecule has 0 amide bonds. The van der Waals surface area contributed by atoms with Crippen LogP contribution in [0.1, 0.15) is 16.8 Å². The predicted molar refractivity (Wildman–Crippen MR) is 92.8 cm³/mol. The van der Waals surface area contributed by atoms with E-state index in [2.05, 4.69) is 44.6 Å². The zero-order chi connectivity index (χ0) is 16.1. The van der Waals surface area contributed by atoms with Crippen molar-refractivity contribution in [3.8, 4) is 0 Å². The number of rotatable bonds is 5. The van der Waals surface area contributed by atoms with Gasteiger partial charge in [0, 0.05) is 36.4 Å². The van der Waals surface area contributed by atoms with Crippen molar-refractivity contribution in [2.75, 3.05) is 10.6 Å². The Labute approximate surface area is 135 Å². The van der Waals surface area contributed by atoms with E-state index in [4.69, 9.17) is 0 Å². The monoisotopic (exact) mass is 305 g/mol. The zero-order valence-corrected chi connectivity index (χ0v) is 13.2. The third kappa shape index (κ3) is 4.26. The van der Waals surface area contributed by atoms with Crippen molar-refractivity contribution in [3.05, 3.63) is 71.7 Å². The summed E-state index contributed by atoms with van der Waals surface area (Å²) in [6.07, 6.45) is 3.59. The lowest BCUT2D eigenvalue weighted by Gasteiger charge is -2.10. The number of aryl methyl sites for hydroxylation is 2. The molecule has 0 atom stereocenters. The lowest BCUT2D eigenvalue weighted by Crippen LogP contribution is -2.06. The van der Waals surface area contributed by atoms with E-state index in [0.717, 1.165) is 22.8 Å². The Morgan fingerprint density at radius 2 is 1.91 bits per heavy atom. The molecular formula is C18H19N5. The molecule has 0 spiro atoms. The smallest absolute Gasteiger partial charge is 0.225 e. The first-order chi connectivity index (χ1) is 11.2. The van der Waals surface area contributed by atoms with Gasteiger partial charge in [0.2, 0.25) is 5.95 Å². The Kier molecular flexibility index (Phi) is 4.47. The summed E-state index contributed by atoms with van der Waals surface area (Å²) >= 11 is 0. The van der Waals surface area contributed by atoms with Crippen LogP contribution in [0.3, 0.4) is 0 Å². The predicted octanol–water partition coefficient (Wildman–Crippen LogP) is 3.84. The Morgan fingerprint density at radius 1 is 1.00 bits per heavy atom. The molecule has 0 radical (unpaired) electrons. The van der Waals surface area contributed by atoms with Gasteiger partial charge in [0.05, 0.1) is 0 Å². The van der Waals surface area contributed by atoms with Crippen LogP contribution in [-0.2, 0) is 6.54 Å². The summed E-state index contributed by atoms with van der Waals surface area (Å²) in [5, 5.41) is 6.56. The molecule has 0 aliphatic carbocycles. The summed E-state index contributed by atoms with van der Waals surface area (Å²) in [5.41, 5.74) is 4.21. The van der Waals surface area contributed by atoms with Gasteiger partial charge in [-0.3, -0.25) is 4.98 Å². The van der Waals surface area contributed by atoms with Gasteiger partial charge in [0.25, 0.3) is 0 Å². The van der Waals surface area contributed by atoms with Crippen LogP contribution in [0, 0.1) is 13.8 Å². The van der Waals surface area contributed by atoms with Gasteiger partial charge in [-0.25, -0.2) is 4.98 Å². The highest BCUT2D eigenvalue weighted by atomic mass is 15.1. The van der Waals surface area contributed by atoms with Gasteiger partial charge in [-0.15, -0.1) is 0 Å². The second-order valence-electron chi connectivity index (χ2n) is 5.43. The standard InChI is InChI=1S/C18H19N5/c1-13-5-3-7-16(9-13)22-17-10-14(2)21-18(23-17)20-12-15-6-4-8-19-11-15/h3-11H,12H2,1-2H3,(H2,20,21,22,23). The Morgan fingerprint density at radius 3 is 2.70 bits per heavy atom. The average molecular weight is 305 g/mol. The number of hydrogen-bond donors (Lipinski definition) is 2. The quantitative estimate of drug-likeness (QED) is 0.750. The van der Waals surface area contributed by atoms with Crippen molar-refractivity contribution in [2.24, 2.45) is 0 Å². The van der Waals surface area contributed by atoms with Gasteiger partial charge in [0.1, 0.15) is 5.82 Å². The van der Waals surface area contributed by atoms with E-state index in [-0.39, 0.29) is 0 Å². The van der Waals surface area contributed by atoms with Crippen molar-refractivity contribution in [3.63, 3.8) is 0 Å². The largest absolute Gasteiger partial charge is 0.350 e. The van der Waals surface area contributed by atoms with Gasteiger partial charge >= 0.3 is 0 Å². The van der Waals surface area contributed by atoms with Crippen LogP contribution < -0.4 is 10.6 Å². The molecule has 0 unspecified atom stereocenters. The summed E-state index contributed by atoms with van der Waals surface area (Å²) in [6.45, 7) is 4.66. The van der Waals surface area contributed by atoms with Crippen LogP contribution in [0.15, 0.2) is 54.9 Å². The lowest BCUT2D eigenvalue weighted by molar-refractivity contribution is 1.02. The second-order valence-corrected chi connectivity index (χ2v) is 5.43. The number of benzene rings is 1. The minimum Gasteiger partial charge on any atom is -0.350 e. The maximum Gasteiger partial charge on any atom is 0.225 e. The number of aromatic nitrogens is 3. The van der Waals surface area contributed by atoms with E-state index in [1.165, 1.54) is 5.56 Å². The molecule has 5 nitrogen and oxygen atoms in total. The molecule has 0 saturated heterocycles. The third-order valence-corrected chi connectivity index (χ3v) is 3.32. The second kappa shape index (κ2) is 6.87. The van der Waals surface area contributed by atoms with Gasteiger partial charge in [0.15, 0.2) is 0 Å². The molecular weight excluding hydrogens is 286 g/mol. The Hall–Kier alpha value is -2.95. The normalized spacial score (nSPS) is 10.3. The topological polar surface area (TPSA) is 62.7 Å². The third-order valence-electron chi connectivity index (χ3n) is 3.32. The molecule has 3 rings (SSSR count). The Balaban J connectivity index is 1.73. The zero-order valence-electron chi connectivity index (χ0n) is 13.2. The molecule has 23 heavy (non-hydrogen) atoms. The molecule has 0 aliphatic heterocycles. The number of pyridine rings is 1. The fourth-order valence-electron chi connectivity index (χ4n) is 2.27. The highest BCUT2D eigenvalue weighted by molar-refractivity contribution is 5.58. The minimum atomic E-state index is 0.601. The van der Waals surface area contributed by atoms with Crippen LogP contribution >= 0.6 is 0 Å². The number of hydrogen-bond acceptors (Lipinski definition) is 5.